The molecule has 4 heteroatoms. The van der Waals surface area contributed by atoms with Crippen LogP contribution in [0.15, 0.2) is 30.3 Å². The van der Waals surface area contributed by atoms with Crippen molar-refractivity contribution >= 4 is 5.69 Å². The van der Waals surface area contributed by atoms with Crippen molar-refractivity contribution in [2.75, 3.05) is 26.1 Å². The van der Waals surface area contributed by atoms with E-state index in [0.29, 0.717) is 6.54 Å². The Morgan fingerprint density at radius 1 is 1.19 bits per heavy atom. The number of hydrogen-bond donors (Lipinski definition) is 2. The minimum Gasteiger partial charge on any atom is -0.381 e. The van der Waals surface area contributed by atoms with Crippen molar-refractivity contribution < 1.29 is 9.47 Å². The van der Waals surface area contributed by atoms with Crippen LogP contribution in [0.5, 0.6) is 0 Å². The fourth-order valence-corrected chi connectivity index (χ4v) is 1.51. The number of anilines is 1. The van der Waals surface area contributed by atoms with Crippen molar-refractivity contribution in [3.8, 4) is 0 Å². The van der Waals surface area contributed by atoms with E-state index in [1.54, 1.807) is 14.2 Å². The van der Waals surface area contributed by atoms with E-state index >= 15 is 0 Å². The number of methoxy groups -OCH3 is 2. The molecule has 0 radical (unpaired) electrons. The highest BCUT2D eigenvalue weighted by atomic mass is 16.7. The number of rotatable bonds is 7. The second kappa shape index (κ2) is 7.22. The minimum atomic E-state index is -0.218. The molecule has 0 aliphatic carbocycles. The molecule has 90 valence electrons. The monoisotopic (exact) mass is 224 g/mol. The van der Waals surface area contributed by atoms with Gasteiger partial charge in [-0.3, -0.25) is 0 Å². The summed E-state index contributed by atoms with van der Waals surface area (Å²) in [6, 6.07) is 10.1. The Bertz CT molecular complexity index is 276. The van der Waals surface area contributed by atoms with Crippen molar-refractivity contribution in [2.24, 2.45) is 5.73 Å². The summed E-state index contributed by atoms with van der Waals surface area (Å²) in [6.07, 6.45) is 0.503. The lowest BCUT2D eigenvalue weighted by atomic mass is 10.2. The number of ether oxygens (including phenoxy) is 2. The summed E-state index contributed by atoms with van der Waals surface area (Å²) >= 11 is 0. The van der Waals surface area contributed by atoms with E-state index in [4.69, 9.17) is 15.2 Å². The van der Waals surface area contributed by atoms with Gasteiger partial charge in [-0.2, -0.15) is 0 Å². The van der Waals surface area contributed by atoms with Crippen LogP contribution in [0.3, 0.4) is 0 Å². The van der Waals surface area contributed by atoms with E-state index in [2.05, 4.69) is 5.32 Å². The predicted octanol–water partition coefficient (Wildman–Crippen LogP) is 1.43. The Hall–Kier alpha value is -1.10. The van der Waals surface area contributed by atoms with Gasteiger partial charge in [0.15, 0.2) is 6.29 Å². The summed E-state index contributed by atoms with van der Waals surface area (Å²) in [5, 5.41) is 3.34. The van der Waals surface area contributed by atoms with Crippen LogP contribution in [0.4, 0.5) is 5.69 Å². The number of benzene rings is 1. The molecule has 4 nitrogen and oxygen atoms in total. The van der Waals surface area contributed by atoms with Gasteiger partial charge in [0.2, 0.25) is 0 Å². The molecule has 16 heavy (non-hydrogen) atoms. The lowest BCUT2D eigenvalue weighted by molar-refractivity contribution is -0.107. The van der Waals surface area contributed by atoms with E-state index in [1.165, 1.54) is 0 Å². The molecule has 0 aromatic heterocycles. The van der Waals surface area contributed by atoms with E-state index in [1.807, 2.05) is 30.3 Å². The van der Waals surface area contributed by atoms with Gasteiger partial charge in [-0.15, -0.1) is 0 Å². The first-order chi connectivity index (χ1) is 7.80. The topological polar surface area (TPSA) is 56.5 Å². The fourth-order valence-electron chi connectivity index (χ4n) is 1.51. The Kier molecular flexibility index (Phi) is 5.85. The summed E-state index contributed by atoms with van der Waals surface area (Å²) in [7, 11) is 3.26. The molecule has 0 aliphatic heterocycles. The third-order valence-electron chi connectivity index (χ3n) is 2.43. The maximum Gasteiger partial charge on any atom is 0.158 e. The van der Waals surface area contributed by atoms with Gasteiger partial charge in [-0.25, -0.2) is 0 Å². The van der Waals surface area contributed by atoms with Crippen molar-refractivity contribution in [1.82, 2.24) is 0 Å². The molecule has 1 rings (SSSR count). The quantitative estimate of drug-likeness (QED) is 0.688. The smallest absolute Gasteiger partial charge is 0.158 e. The van der Waals surface area contributed by atoms with Crippen LogP contribution < -0.4 is 11.1 Å². The van der Waals surface area contributed by atoms with Crippen molar-refractivity contribution in [1.29, 1.82) is 0 Å². The average molecular weight is 224 g/mol. The molecule has 0 amide bonds. The van der Waals surface area contributed by atoms with Crippen molar-refractivity contribution in [3.63, 3.8) is 0 Å². The highest BCUT2D eigenvalue weighted by Gasteiger charge is 2.13. The van der Waals surface area contributed by atoms with Crippen LogP contribution in [-0.4, -0.2) is 33.1 Å². The molecule has 1 aromatic carbocycles. The standard InChI is InChI=1S/C12H20N2O2/c1-15-12(16-2)8-11(9-13)14-10-6-4-3-5-7-10/h3-7,11-12,14H,8-9,13H2,1-2H3. The molecule has 1 unspecified atom stereocenters. The molecule has 3 N–H and O–H groups in total. The van der Waals surface area contributed by atoms with Gasteiger partial charge >= 0.3 is 0 Å². The molecule has 0 saturated carbocycles. The second-order valence-corrected chi connectivity index (χ2v) is 3.58. The van der Waals surface area contributed by atoms with Gasteiger partial charge in [-0.05, 0) is 12.1 Å². The maximum atomic E-state index is 5.70. The first-order valence-corrected chi connectivity index (χ1v) is 5.37. The summed E-state index contributed by atoms with van der Waals surface area (Å²) in [4.78, 5) is 0. The minimum absolute atomic E-state index is 0.146. The first kappa shape index (κ1) is 13.0. The Morgan fingerprint density at radius 2 is 1.81 bits per heavy atom. The molecule has 0 saturated heterocycles. The second-order valence-electron chi connectivity index (χ2n) is 3.58. The summed E-state index contributed by atoms with van der Waals surface area (Å²) < 4.78 is 10.3. The van der Waals surface area contributed by atoms with Crippen molar-refractivity contribution in [3.05, 3.63) is 30.3 Å². The molecular formula is C12H20N2O2. The maximum absolute atomic E-state index is 5.70. The number of nitrogens with one attached hydrogen (secondary N) is 1. The van der Waals surface area contributed by atoms with E-state index in [0.717, 1.165) is 12.1 Å². The zero-order chi connectivity index (χ0) is 11.8. The first-order valence-electron chi connectivity index (χ1n) is 5.37. The number of nitrogens with two attached hydrogens (primary N) is 1. The van der Waals surface area contributed by atoms with E-state index in [-0.39, 0.29) is 12.3 Å². The third-order valence-corrected chi connectivity index (χ3v) is 2.43. The van der Waals surface area contributed by atoms with Crippen molar-refractivity contribution in [2.45, 2.75) is 18.8 Å². The van der Waals surface area contributed by atoms with Gasteiger partial charge in [0.05, 0.1) is 0 Å². The predicted molar refractivity (Wildman–Crippen MR) is 65.3 cm³/mol. The fraction of sp³-hybridized carbons (Fsp3) is 0.500. The average Bonchev–Trinajstić information content (AvgIpc) is 2.35. The Balaban J connectivity index is 2.49. The van der Waals surface area contributed by atoms with Crippen LogP contribution in [0.2, 0.25) is 0 Å². The summed E-state index contributed by atoms with van der Waals surface area (Å²) in [5.41, 5.74) is 6.76. The normalized spacial score (nSPS) is 12.8. The summed E-state index contributed by atoms with van der Waals surface area (Å²) in [5.74, 6) is 0. The molecule has 0 bridgehead atoms. The van der Waals surface area contributed by atoms with Crippen LogP contribution in [0.25, 0.3) is 0 Å². The summed E-state index contributed by atoms with van der Waals surface area (Å²) in [6.45, 7) is 0.540. The zero-order valence-corrected chi connectivity index (χ0v) is 9.85. The molecule has 0 heterocycles. The van der Waals surface area contributed by atoms with Crippen LogP contribution in [0, 0.1) is 0 Å². The SMILES string of the molecule is COC(CC(CN)Nc1ccccc1)OC. The lowest BCUT2D eigenvalue weighted by Gasteiger charge is -2.22. The molecule has 1 aromatic rings. The molecule has 0 aliphatic rings. The Labute approximate surface area is 96.7 Å². The van der Waals surface area contributed by atoms with E-state index in [9.17, 15) is 0 Å². The zero-order valence-electron chi connectivity index (χ0n) is 9.85. The molecule has 0 spiro atoms. The van der Waals surface area contributed by atoms with Gasteiger partial charge in [0.25, 0.3) is 0 Å². The largest absolute Gasteiger partial charge is 0.381 e. The van der Waals surface area contributed by atoms with E-state index < -0.39 is 0 Å². The molecule has 0 fully saturated rings. The van der Waals surface area contributed by atoms with Crippen LogP contribution in [0.1, 0.15) is 6.42 Å². The number of hydrogen-bond acceptors (Lipinski definition) is 4. The lowest BCUT2D eigenvalue weighted by Crippen LogP contribution is -2.34. The highest BCUT2D eigenvalue weighted by Crippen LogP contribution is 2.11. The van der Waals surface area contributed by atoms with Crippen LogP contribution in [-0.2, 0) is 9.47 Å². The van der Waals surface area contributed by atoms with Gasteiger partial charge in [0.1, 0.15) is 0 Å². The number of para-hydroxylation sites is 1. The highest BCUT2D eigenvalue weighted by molar-refractivity contribution is 5.43. The van der Waals surface area contributed by atoms with Gasteiger partial charge < -0.3 is 20.5 Å². The third kappa shape index (κ3) is 4.18. The molecular weight excluding hydrogens is 204 g/mol. The van der Waals surface area contributed by atoms with Gasteiger partial charge in [0, 0.05) is 38.9 Å². The van der Waals surface area contributed by atoms with Crippen LogP contribution >= 0.6 is 0 Å². The molecule has 1 atom stereocenters. The Morgan fingerprint density at radius 3 is 2.31 bits per heavy atom. The van der Waals surface area contributed by atoms with Gasteiger partial charge in [-0.1, -0.05) is 18.2 Å².